The quantitative estimate of drug-likeness (QED) is 0.413. The van der Waals surface area contributed by atoms with Crippen molar-refractivity contribution in [3.63, 3.8) is 0 Å². The van der Waals surface area contributed by atoms with Gasteiger partial charge in [0.15, 0.2) is 6.10 Å². The van der Waals surface area contributed by atoms with E-state index < -0.39 is 53.8 Å². The molecule has 1 aliphatic carbocycles. The highest BCUT2D eigenvalue weighted by Gasteiger charge is 2.56. The van der Waals surface area contributed by atoms with E-state index in [1.165, 1.54) is 17.7 Å². The fourth-order valence-electron chi connectivity index (χ4n) is 6.80. The number of fused-ring (bicyclic) bond motifs is 3. The van der Waals surface area contributed by atoms with Gasteiger partial charge in [-0.25, -0.2) is 0 Å². The van der Waals surface area contributed by atoms with Crippen molar-refractivity contribution in [2.45, 2.75) is 94.4 Å². The fraction of sp³-hybridized carbons (Fsp3) is 0.567. The number of nitrogens with zero attached hydrogens (tertiary/aromatic N) is 3. The molecule has 1 saturated heterocycles. The maximum absolute atomic E-state index is 13.9. The second-order valence-electron chi connectivity index (χ2n) is 12.2. The average Bonchev–Trinajstić information content (AvgIpc) is 3.49. The van der Waals surface area contributed by atoms with Crippen molar-refractivity contribution in [1.29, 1.82) is 5.26 Å². The van der Waals surface area contributed by atoms with Gasteiger partial charge >= 0.3 is 12.4 Å². The molecule has 0 spiro atoms. The normalized spacial score (nSPS) is 23.2. The highest BCUT2D eigenvalue weighted by Crippen LogP contribution is 2.46. The highest BCUT2D eigenvalue weighted by molar-refractivity contribution is 6.00. The third-order valence-corrected chi connectivity index (χ3v) is 9.21. The second-order valence-corrected chi connectivity index (χ2v) is 12.2. The molecule has 3 aliphatic rings. The zero-order chi connectivity index (χ0) is 32.4. The van der Waals surface area contributed by atoms with Gasteiger partial charge in [0.25, 0.3) is 11.8 Å². The molecule has 3 atom stereocenters. The number of carbonyl (C=O) groups excluding carboxylic acids is 2. The third-order valence-electron chi connectivity index (χ3n) is 9.21. The Kier molecular flexibility index (Phi) is 7.72. The van der Waals surface area contributed by atoms with Gasteiger partial charge in [-0.3, -0.25) is 9.59 Å². The third kappa shape index (κ3) is 5.29. The summed E-state index contributed by atoms with van der Waals surface area (Å²) in [5, 5.41) is 22.5. The van der Waals surface area contributed by atoms with Gasteiger partial charge in [0.1, 0.15) is 17.0 Å². The first-order chi connectivity index (χ1) is 20.4. The topological polar surface area (TPSA) is 108 Å². The lowest BCUT2D eigenvalue weighted by Crippen LogP contribution is -2.58. The van der Waals surface area contributed by atoms with Crippen LogP contribution in [0.25, 0.3) is 11.3 Å². The molecule has 2 amide bonds. The minimum absolute atomic E-state index is 0.0127. The minimum Gasteiger partial charge on any atom is -0.496 e. The van der Waals surface area contributed by atoms with E-state index in [9.17, 15) is 46.3 Å². The molecule has 238 valence electrons. The smallest absolute Gasteiger partial charge is 0.416 e. The monoisotopic (exact) mass is 626 g/mol. The van der Waals surface area contributed by atoms with E-state index in [0.29, 0.717) is 18.4 Å². The van der Waals surface area contributed by atoms with E-state index in [4.69, 9.17) is 4.74 Å². The molecule has 8 nitrogen and oxygen atoms in total. The zero-order valence-electron chi connectivity index (χ0n) is 24.3. The summed E-state index contributed by atoms with van der Waals surface area (Å²) in [6.07, 6.45) is -12.1. The summed E-state index contributed by atoms with van der Waals surface area (Å²) in [5.74, 6) is -1.42. The standard InChI is InChI=1S/C30H32F6N4O4/c1-16-10-17-12-22(44-3)20(24(41)38-28(15-37)7-4-8-28)13-19(17)23-18(14-29(31,32)33)11-21(40(16)23)25(42)39-9-5-6-27(39,2)26(43)30(34,35)36/h11-13,16,26,43H,4-10,14H2,1-3H3,(H,38,41)/t16-,26+,27-/m1/s1. The maximum atomic E-state index is 13.9. The molecular weight excluding hydrogens is 594 g/mol. The number of aliphatic hydroxyl groups is 1. The van der Waals surface area contributed by atoms with Gasteiger partial charge < -0.3 is 24.6 Å². The largest absolute Gasteiger partial charge is 0.496 e. The van der Waals surface area contributed by atoms with Gasteiger partial charge in [-0.15, -0.1) is 0 Å². The summed E-state index contributed by atoms with van der Waals surface area (Å²) in [6, 6.07) is 5.49. The van der Waals surface area contributed by atoms with Crippen LogP contribution < -0.4 is 10.1 Å². The molecule has 0 radical (unpaired) electrons. The van der Waals surface area contributed by atoms with Gasteiger partial charge in [-0.05, 0) is 81.7 Å². The Balaban J connectivity index is 1.65. The van der Waals surface area contributed by atoms with Crippen LogP contribution in [0.1, 0.15) is 84.0 Å². The number of alkyl halides is 6. The predicted molar refractivity (Wildman–Crippen MR) is 145 cm³/mol. The van der Waals surface area contributed by atoms with Crippen LogP contribution in [0.4, 0.5) is 26.3 Å². The summed E-state index contributed by atoms with van der Waals surface area (Å²) in [6.45, 7) is 2.68. The summed E-state index contributed by atoms with van der Waals surface area (Å²) in [5.41, 5.74) is -2.79. The Labute approximate surface area is 249 Å². The summed E-state index contributed by atoms with van der Waals surface area (Å²) in [7, 11) is 1.34. The fourth-order valence-corrected chi connectivity index (χ4v) is 6.80. The van der Waals surface area contributed by atoms with Crippen LogP contribution in [0.15, 0.2) is 18.2 Å². The molecule has 1 aromatic heterocycles. The number of hydrogen-bond acceptors (Lipinski definition) is 5. The molecule has 2 aliphatic heterocycles. The van der Waals surface area contributed by atoms with Gasteiger partial charge in [0, 0.05) is 18.2 Å². The Morgan fingerprint density at radius 1 is 1.16 bits per heavy atom. The number of hydrogen-bond donors (Lipinski definition) is 2. The molecule has 1 saturated carbocycles. The van der Waals surface area contributed by atoms with Crippen LogP contribution >= 0.6 is 0 Å². The zero-order valence-corrected chi connectivity index (χ0v) is 24.3. The lowest BCUT2D eigenvalue weighted by molar-refractivity contribution is -0.232. The lowest BCUT2D eigenvalue weighted by Gasteiger charge is -2.40. The highest BCUT2D eigenvalue weighted by atomic mass is 19.4. The molecule has 2 N–H and O–H groups in total. The number of aromatic nitrogens is 1. The molecular formula is C30H32F6N4O4. The molecule has 5 rings (SSSR count). The Morgan fingerprint density at radius 3 is 2.39 bits per heavy atom. The number of halogens is 6. The van der Waals surface area contributed by atoms with Crippen LogP contribution in [0.3, 0.4) is 0 Å². The molecule has 0 bridgehead atoms. The van der Waals surface area contributed by atoms with Crippen molar-refractivity contribution in [2.75, 3.05) is 13.7 Å². The van der Waals surface area contributed by atoms with E-state index >= 15 is 0 Å². The van der Waals surface area contributed by atoms with Gasteiger partial charge in [0.2, 0.25) is 0 Å². The number of methoxy groups -OCH3 is 1. The number of carbonyl (C=O) groups is 2. The van der Waals surface area contributed by atoms with Crippen molar-refractivity contribution in [3.05, 3.63) is 40.6 Å². The maximum Gasteiger partial charge on any atom is 0.416 e. The summed E-state index contributed by atoms with van der Waals surface area (Å²) < 4.78 is 89.3. The van der Waals surface area contributed by atoms with Crippen LogP contribution in [0.5, 0.6) is 5.75 Å². The second kappa shape index (κ2) is 10.7. The van der Waals surface area contributed by atoms with E-state index in [1.807, 2.05) is 0 Å². The van der Waals surface area contributed by atoms with Crippen LogP contribution in [0, 0.1) is 11.3 Å². The number of nitrogens with one attached hydrogen (secondary N) is 1. The number of amides is 2. The van der Waals surface area contributed by atoms with Gasteiger partial charge in [0.05, 0.1) is 36.4 Å². The van der Waals surface area contributed by atoms with Crippen molar-refractivity contribution in [3.8, 4) is 23.1 Å². The van der Waals surface area contributed by atoms with Gasteiger partial charge in [-0.1, -0.05) is 0 Å². The van der Waals surface area contributed by atoms with Crippen LogP contribution in [-0.4, -0.2) is 69.6 Å². The number of likely N-dealkylation sites (tertiary alicyclic amines) is 1. The molecule has 3 heterocycles. The molecule has 14 heteroatoms. The first-order valence-electron chi connectivity index (χ1n) is 14.3. The minimum atomic E-state index is -5.02. The predicted octanol–water partition coefficient (Wildman–Crippen LogP) is 5.48. The first-order valence-corrected chi connectivity index (χ1v) is 14.3. The SMILES string of the molecule is COc1cc2c(cc1C(=O)NC1(C#N)CCC1)-c1c(CC(F)(F)F)cc(C(=O)N3CCC[C@]3(C)[C@H](O)C(F)(F)F)n1[C@H](C)C2. The van der Waals surface area contributed by atoms with E-state index in [0.717, 1.165) is 24.3 Å². The van der Waals surface area contributed by atoms with Crippen molar-refractivity contribution < 1.29 is 45.8 Å². The lowest BCUT2D eigenvalue weighted by atomic mass is 9.78. The Morgan fingerprint density at radius 2 is 1.84 bits per heavy atom. The molecule has 1 aromatic carbocycles. The Hall–Kier alpha value is -3.73. The van der Waals surface area contributed by atoms with E-state index in [1.54, 1.807) is 13.0 Å². The Bertz CT molecular complexity index is 1540. The average molecular weight is 627 g/mol. The van der Waals surface area contributed by atoms with Crippen LogP contribution in [-0.2, 0) is 12.8 Å². The number of nitriles is 1. The molecule has 44 heavy (non-hydrogen) atoms. The van der Waals surface area contributed by atoms with Crippen LogP contribution in [0.2, 0.25) is 0 Å². The molecule has 2 fully saturated rings. The van der Waals surface area contributed by atoms with Crippen molar-refractivity contribution >= 4 is 11.8 Å². The van der Waals surface area contributed by atoms with E-state index in [2.05, 4.69) is 11.4 Å². The number of aliphatic hydroxyl groups excluding tert-OH is 1. The van der Waals surface area contributed by atoms with Crippen molar-refractivity contribution in [1.82, 2.24) is 14.8 Å². The van der Waals surface area contributed by atoms with Gasteiger partial charge in [-0.2, -0.15) is 31.6 Å². The molecule has 0 unspecified atom stereocenters. The van der Waals surface area contributed by atoms with Crippen molar-refractivity contribution in [2.24, 2.45) is 0 Å². The van der Waals surface area contributed by atoms with E-state index in [-0.39, 0.29) is 59.6 Å². The number of ether oxygens (including phenoxy) is 1. The number of rotatable bonds is 6. The summed E-state index contributed by atoms with van der Waals surface area (Å²) >= 11 is 0. The summed E-state index contributed by atoms with van der Waals surface area (Å²) in [4.78, 5) is 28.2. The number of benzene rings is 1. The molecule has 2 aromatic rings. The first kappa shape index (κ1) is 31.7.